The van der Waals surface area contributed by atoms with Gasteiger partial charge in [-0.3, -0.25) is 4.79 Å². The zero-order chi connectivity index (χ0) is 12.1. The number of benzene rings is 1. The zero-order valence-corrected chi connectivity index (χ0v) is 10.1. The van der Waals surface area contributed by atoms with Gasteiger partial charge in [-0.05, 0) is 11.1 Å². The summed E-state index contributed by atoms with van der Waals surface area (Å²) in [7, 11) is 0. The molecule has 0 spiro atoms. The standard InChI is InChI=1S/C12H14N2O2S/c15-7-10-3-1-9(2-4-10)5-13-6-11-8-17-12(16)14-11/h1-4,8,13,15H,5-7H2,(H,14,16). The van der Waals surface area contributed by atoms with Crippen molar-refractivity contribution in [1.29, 1.82) is 0 Å². The fourth-order valence-corrected chi connectivity index (χ4v) is 2.09. The molecule has 0 saturated heterocycles. The maximum absolute atomic E-state index is 10.9. The van der Waals surface area contributed by atoms with E-state index in [0.29, 0.717) is 6.54 Å². The summed E-state index contributed by atoms with van der Waals surface area (Å²) in [5, 5.41) is 14.0. The number of H-pyrrole nitrogens is 1. The molecule has 1 heterocycles. The van der Waals surface area contributed by atoms with Crippen LogP contribution in [-0.2, 0) is 19.7 Å². The molecule has 2 rings (SSSR count). The van der Waals surface area contributed by atoms with E-state index < -0.39 is 0 Å². The molecule has 3 N–H and O–H groups in total. The van der Waals surface area contributed by atoms with Crippen molar-refractivity contribution in [2.24, 2.45) is 0 Å². The minimum atomic E-state index is -0.0194. The topological polar surface area (TPSA) is 65.1 Å². The molecule has 0 saturated carbocycles. The molecule has 4 nitrogen and oxygen atoms in total. The molecule has 0 amide bonds. The van der Waals surface area contributed by atoms with E-state index in [1.807, 2.05) is 29.6 Å². The van der Waals surface area contributed by atoms with Crippen LogP contribution < -0.4 is 10.2 Å². The zero-order valence-electron chi connectivity index (χ0n) is 9.27. The van der Waals surface area contributed by atoms with Crippen molar-refractivity contribution in [3.8, 4) is 0 Å². The van der Waals surface area contributed by atoms with Crippen molar-refractivity contribution in [3.63, 3.8) is 0 Å². The van der Waals surface area contributed by atoms with Crippen LogP contribution in [0.15, 0.2) is 34.4 Å². The van der Waals surface area contributed by atoms with Gasteiger partial charge in [-0.1, -0.05) is 35.6 Å². The summed E-state index contributed by atoms with van der Waals surface area (Å²) in [6, 6.07) is 7.77. The van der Waals surface area contributed by atoms with Crippen molar-refractivity contribution in [2.75, 3.05) is 0 Å². The summed E-state index contributed by atoms with van der Waals surface area (Å²) in [6.45, 7) is 1.47. The summed E-state index contributed by atoms with van der Waals surface area (Å²) in [5.41, 5.74) is 2.97. The summed E-state index contributed by atoms with van der Waals surface area (Å²) >= 11 is 1.18. The van der Waals surface area contributed by atoms with E-state index in [-0.39, 0.29) is 11.5 Å². The molecule has 2 aromatic rings. The van der Waals surface area contributed by atoms with E-state index in [9.17, 15) is 4.79 Å². The van der Waals surface area contributed by atoms with Gasteiger partial charge in [0.2, 0.25) is 0 Å². The van der Waals surface area contributed by atoms with Crippen LogP contribution in [0.5, 0.6) is 0 Å². The van der Waals surface area contributed by atoms with Crippen molar-refractivity contribution in [3.05, 3.63) is 56.1 Å². The first-order chi connectivity index (χ1) is 8.28. The highest BCUT2D eigenvalue weighted by atomic mass is 32.1. The Hall–Kier alpha value is -1.43. The van der Waals surface area contributed by atoms with Crippen LogP contribution >= 0.6 is 11.3 Å². The minimum Gasteiger partial charge on any atom is -0.392 e. The van der Waals surface area contributed by atoms with Crippen LogP contribution in [0.25, 0.3) is 0 Å². The number of thiazole rings is 1. The molecule has 0 aliphatic heterocycles. The molecule has 17 heavy (non-hydrogen) atoms. The molecule has 0 aliphatic rings. The van der Waals surface area contributed by atoms with Gasteiger partial charge in [0.1, 0.15) is 0 Å². The second-order valence-electron chi connectivity index (χ2n) is 3.75. The molecule has 0 radical (unpaired) electrons. The Morgan fingerprint density at radius 1 is 1.18 bits per heavy atom. The number of hydrogen-bond donors (Lipinski definition) is 3. The number of hydrogen-bond acceptors (Lipinski definition) is 4. The van der Waals surface area contributed by atoms with Gasteiger partial charge in [0.05, 0.1) is 6.61 Å². The van der Waals surface area contributed by atoms with Gasteiger partial charge in [0, 0.05) is 24.2 Å². The van der Waals surface area contributed by atoms with E-state index in [2.05, 4.69) is 10.3 Å². The average Bonchev–Trinajstić information content (AvgIpc) is 2.76. The van der Waals surface area contributed by atoms with E-state index in [0.717, 1.165) is 23.4 Å². The Morgan fingerprint density at radius 2 is 1.88 bits per heavy atom. The Labute approximate surface area is 103 Å². The normalized spacial score (nSPS) is 10.6. The molecule has 0 unspecified atom stereocenters. The summed E-state index contributed by atoms with van der Waals surface area (Å²) in [4.78, 5) is 13.6. The van der Waals surface area contributed by atoms with Gasteiger partial charge in [0.15, 0.2) is 0 Å². The van der Waals surface area contributed by atoms with Crippen LogP contribution in [0, 0.1) is 0 Å². The van der Waals surface area contributed by atoms with Gasteiger partial charge < -0.3 is 15.4 Å². The van der Waals surface area contributed by atoms with Gasteiger partial charge in [-0.15, -0.1) is 0 Å². The van der Waals surface area contributed by atoms with Gasteiger partial charge >= 0.3 is 4.87 Å². The fraction of sp³-hybridized carbons (Fsp3) is 0.250. The SMILES string of the molecule is O=c1[nH]c(CNCc2ccc(CO)cc2)cs1. The quantitative estimate of drug-likeness (QED) is 0.747. The van der Waals surface area contributed by atoms with Gasteiger partial charge in [0.25, 0.3) is 0 Å². The fourth-order valence-electron chi connectivity index (χ4n) is 1.50. The minimum absolute atomic E-state index is 0.0194. The lowest BCUT2D eigenvalue weighted by molar-refractivity contribution is 0.282. The van der Waals surface area contributed by atoms with Gasteiger partial charge in [-0.25, -0.2) is 0 Å². The summed E-state index contributed by atoms with van der Waals surface area (Å²) in [6.07, 6.45) is 0. The van der Waals surface area contributed by atoms with Crippen molar-refractivity contribution in [1.82, 2.24) is 10.3 Å². The first kappa shape index (κ1) is 12.0. The lowest BCUT2D eigenvalue weighted by atomic mass is 10.1. The number of aliphatic hydroxyl groups excluding tert-OH is 1. The highest BCUT2D eigenvalue weighted by Crippen LogP contribution is 2.04. The maximum atomic E-state index is 10.9. The van der Waals surface area contributed by atoms with E-state index in [4.69, 9.17) is 5.11 Å². The molecular weight excluding hydrogens is 236 g/mol. The second-order valence-corrected chi connectivity index (χ2v) is 4.59. The Balaban J connectivity index is 1.83. The van der Waals surface area contributed by atoms with Crippen LogP contribution in [0.2, 0.25) is 0 Å². The first-order valence-electron chi connectivity index (χ1n) is 5.34. The smallest absolute Gasteiger partial charge is 0.304 e. The van der Waals surface area contributed by atoms with E-state index in [1.54, 1.807) is 0 Å². The number of aliphatic hydroxyl groups is 1. The van der Waals surface area contributed by atoms with Crippen LogP contribution in [0.1, 0.15) is 16.8 Å². The average molecular weight is 250 g/mol. The maximum Gasteiger partial charge on any atom is 0.304 e. The molecule has 0 fully saturated rings. The molecule has 5 heteroatoms. The predicted octanol–water partition coefficient (Wildman–Crippen LogP) is 1.22. The van der Waals surface area contributed by atoms with Crippen LogP contribution in [0.3, 0.4) is 0 Å². The largest absolute Gasteiger partial charge is 0.392 e. The van der Waals surface area contributed by atoms with Crippen molar-refractivity contribution < 1.29 is 5.11 Å². The first-order valence-corrected chi connectivity index (χ1v) is 6.22. The lowest BCUT2D eigenvalue weighted by Crippen LogP contribution is -2.13. The Kier molecular flexibility index (Phi) is 4.08. The highest BCUT2D eigenvalue weighted by Gasteiger charge is 1.97. The van der Waals surface area contributed by atoms with E-state index in [1.165, 1.54) is 11.3 Å². The van der Waals surface area contributed by atoms with E-state index >= 15 is 0 Å². The third kappa shape index (κ3) is 3.52. The van der Waals surface area contributed by atoms with Gasteiger partial charge in [-0.2, -0.15) is 0 Å². The Bertz CT molecular complexity index is 516. The van der Waals surface area contributed by atoms with Crippen molar-refractivity contribution >= 4 is 11.3 Å². The summed E-state index contributed by atoms with van der Waals surface area (Å²) < 4.78 is 0. The molecule has 1 aromatic carbocycles. The number of aromatic amines is 1. The Morgan fingerprint density at radius 3 is 2.47 bits per heavy atom. The molecule has 90 valence electrons. The third-order valence-corrected chi connectivity index (χ3v) is 3.14. The predicted molar refractivity (Wildman–Crippen MR) is 67.8 cm³/mol. The molecular formula is C12H14N2O2S. The number of aromatic nitrogens is 1. The number of rotatable bonds is 5. The molecule has 1 aromatic heterocycles. The highest BCUT2D eigenvalue weighted by molar-refractivity contribution is 7.07. The molecule has 0 aliphatic carbocycles. The second kappa shape index (κ2) is 5.77. The van der Waals surface area contributed by atoms with Crippen LogP contribution in [0.4, 0.5) is 0 Å². The van der Waals surface area contributed by atoms with Crippen LogP contribution in [-0.4, -0.2) is 10.1 Å². The molecule has 0 atom stereocenters. The third-order valence-electron chi connectivity index (χ3n) is 2.42. The monoisotopic (exact) mass is 250 g/mol. The molecule has 0 bridgehead atoms. The lowest BCUT2D eigenvalue weighted by Gasteiger charge is -2.04. The summed E-state index contributed by atoms with van der Waals surface area (Å²) in [5.74, 6) is 0. The van der Waals surface area contributed by atoms with Crippen molar-refractivity contribution in [2.45, 2.75) is 19.7 Å². The number of nitrogens with one attached hydrogen (secondary N) is 2.